The van der Waals surface area contributed by atoms with Gasteiger partial charge in [0.25, 0.3) is 0 Å². The largest absolute Gasteiger partial charge is 0.464 e. The number of fused-ring (bicyclic) bond motifs is 5. The van der Waals surface area contributed by atoms with Crippen molar-refractivity contribution in [1.29, 1.82) is 0 Å². The third-order valence-corrected chi connectivity index (χ3v) is 6.23. The molecular formula is C26H20O3. The van der Waals surface area contributed by atoms with Crippen LogP contribution in [0.3, 0.4) is 0 Å². The molecule has 3 nitrogen and oxygen atoms in total. The van der Waals surface area contributed by atoms with Gasteiger partial charge in [-0.05, 0) is 59.7 Å². The highest BCUT2D eigenvalue weighted by atomic mass is 16.4. The Bertz CT molecular complexity index is 1450. The maximum Gasteiger partial charge on any atom is 0.339 e. The first-order chi connectivity index (χ1) is 14.3. The van der Waals surface area contributed by atoms with Crippen LogP contribution in [0.25, 0.3) is 43.8 Å². The molecule has 1 aliphatic rings. The normalized spacial score (nSPS) is 14.3. The lowest BCUT2D eigenvalue weighted by Gasteiger charge is -2.09. The summed E-state index contributed by atoms with van der Waals surface area (Å²) in [5, 5.41) is 4.55. The molecule has 0 spiro atoms. The maximum atomic E-state index is 12.5. The molecule has 0 saturated carbocycles. The van der Waals surface area contributed by atoms with Gasteiger partial charge >= 0.3 is 5.63 Å². The zero-order chi connectivity index (χ0) is 19.4. The van der Waals surface area contributed by atoms with Crippen LogP contribution in [-0.4, -0.2) is 0 Å². The van der Waals surface area contributed by atoms with E-state index in [0.29, 0.717) is 5.58 Å². The quantitative estimate of drug-likeness (QED) is 0.242. The van der Waals surface area contributed by atoms with Crippen LogP contribution in [0.5, 0.6) is 0 Å². The molecule has 0 N–H and O–H groups in total. The Morgan fingerprint density at radius 2 is 1.55 bits per heavy atom. The predicted molar refractivity (Wildman–Crippen MR) is 116 cm³/mol. The highest BCUT2D eigenvalue weighted by Gasteiger charge is 2.19. The van der Waals surface area contributed by atoms with Crippen LogP contribution >= 0.6 is 0 Å². The van der Waals surface area contributed by atoms with Gasteiger partial charge in [-0.3, -0.25) is 0 Å². The monoisotopic (exact) mass is 380 g/mol. The molecule has 2 aromatic heterocycles. The zero-order valence-corrected chi connectivity index (χ0v) is 16.0. The van der Waals surface area contributed by atoms with E-state index in [1.54, 1.807) is 0 Å². The van der Waals surface area contributed by atoms with Gasteiger partial charge in [0.1, 0.15) is 11.2 Å². The van der Waals surface area contributed by atoms with Crippen molar-refractivity contribution in [2.24, 2.45) is 0 Å². The van der Waals surface area contributed by atoms with Crippen LogP contribution in [0.2, 0.25) is 0 Å². The van der Waals surface area contributed by atoms with Crippen molar-refractivity contribution >= 4 is 32.7 Å². The molecule has 0 aliphatic heterocycles. The van der Waals surface area contributed by atoms with E-state index in [-0.39, 0.29) is 5.63 Å². The van der Waals surface area contributed by atoms with Crippen LogP contribution in [0.4, 0.5) is 0 Å². The molecule has 3 aromatic carbocycles. The molecule has 0 unspecified atom stereocenters. The van der Waals surface area contributed by atoms with Gasteiger partial charge in [0.2, 0.25) is 0 Å². The molecule has 3 heteroatoms. The molecule has 142 valence electrons. The van der Waals surface area contributed by atoms with Crippen molar-refractivity contribution in [2.45, 2.75) is 32.1 Å². The lowest BCUT2D eigenvalue weighted by Crippen LogP contribution is -2.10. The van der Waals surface area contributed by atoms with Crippen LogP contribution in [0, 0.1) is 0 Å². The fourth-order valence-corrected chi connectivity index (χ4v) is 4.72. The van der Waals surface area contributed by atoms with Crippen LogP contribution in [-0.2, 0) is 12.8 Å². The first-order valence-corrected chi connectivity index (χ1v) is 10.3. The average molecular weight is 380 g/mol. The first kappa shape index (κ1) is 16.6. The summed E-state index contributed by atoms with van der Waals surface area (Å²) in [6, 6.07) is 18.9. The molecule has 0 fully saturated rings. The van der Waals surface area contributed by atoms with Crippen LogP contribution < -0.4 is 5.63 Å². The predicted octanol–water partition coefficient (Wildman–Crippen LogP) is 6.63. The van der Waals surface area contributed by atoms with E-state index in [1.807, 2.05) is 12.3 Å². The smallest absolute Gasteiger partial charge is 0.339 e. The summed E-state index contributed by atoms with van der Waals surface area (Å²) in [5.41, 5.74) is 5.42. The second-order valence-electron chi connectivity index (χ2n) is 7.96. The molecule has 0 bridgehead atoms. The molecule has 1 aliphatic carbocycles. The molecule has 5 aromatic rings. The van der Waals surface area contributed by atoms with Crippen LogP contribution in [0.15, 0.2) is 74.5 Å². The topological polar surface area (TPSA) is 43.4 Å². The molecule has 0 saturated heterocycles. The molecule has 2 heterocycles. The second kappa shape index (κ2) is 6.35. The van der Waals surface area contributed by atoms with E-state index in [0.717, 1.165) is 65.1 Å². The molecule has 0 atom stereocenters. The fourth-order valence-electron chi connectivity index (χ4n) is 4.72. The number of furan rings is 1. The van der Waals surface area contributed by atoms with Gasteiger partial charge in [-0.2, -0.15) is 0 Å². The average Bonchev–Trinajstić information content (AvgIpc) is 2.98. The molecule has 6 rings (SSSR count). The lowest BCUT2D eigenvalue weighted by molar-refractivity contribution is 0.546. The Labute approximate surface area is 167 Å². The summed E-state index contributed by atoms with van der Waals surface area (Å²) >= 11 is 0. The SMILES string of the molecule is O=c1oc2cc3occ(-c4ccc5ccccc5c4)c3cc2c2c1CCCCC2. The van der Waals surface area contributed by atoms with Crippen molar-refractivity contribution in [3.63, 3.8) is 0 Å². The summed E-state index contributed by atoms with van der Waals surface area (Å²) in [5.74, 6) is 0. The number of hydrogen-bond acceptors (Lipinski definition) is 3. The Hall–Kier alpha value is -3.33. The van der Waals surface area contributed by atoms with E-state index in [2.05, 4.69) is 48.5 Å². The van der Waals surface area contributed by atoms with Gasteiger partial charge in [0.15, 0.2) is 0 Å². The van der Waals surface area contributed by atoms with Crippen LogP contribution in [0.1, 0.15) is 30.4 Å². The molecule has 0 radical (unpaired) electrons. The minimum absolute atomic E-state index is 0.185. The van der Waals surface area contributed by atoms with Gasteiger partial charge in [-0.25, -0.2) is 4.79 Å². The van der Waals surface area contributed by atoms with E-state index >= 15 is 0 Å². The standard InChI is InChI=1S/C26H20O3/c27-26-20-9-3-1-2-8-19(20)21-13-22-23(15-28-24(22)14-25(21)29-26)18-11-10-16-6-4-5-7-17(16)12-18/h4-7,10-15H,1-3,8-9H2. The summed E-state index contributed by atoms with van der Waals surface area (Å²) in [7, 11) is 0. The Morgan fingerprint density at radius 1 is 0.724 bits per heavy atom. The fraction of sp³-hybridized carbons (Fsp3) is 0.192. The highest BCUT2D eigenvalue weighted by molar-refractivity contribution is 6.03. The third kappa shape index (κ3) is 2.61. The Kier molecular flexibility index (Phi) is 3.63. The molecular weight excluding hydrogens is 360 g/mol. The van der Waals surface area contributed by atoms with Gasteiger partial charge in [0, 0.05) is 28.0 Å². The number of aryl methyl sites for hydroxylation is 1. The van der Waals surface area contributed by atoms with Gasteiger partial charge < -0.3 is 8.83 Å². The highest BCUT2D eigenvalue weighted by Crippen LogP contribution is 2.36. The van der Waals surface area contributed by atoms with E-state index in [1.165, 1.54) is 16.3 Å². The number of rotatable bonds is 1. The van der Waals surface area contributed by atoms with E-state index < -0.39 is 0 Å². The number of benzene rings is 3. The number of hydrogen-bond donors (Lipinski definition) is 0. The summed E-state index contributed by atoms with van der Waals surface area (Å²) in [4.78, 5) is 12.5. The van der Waals surface area contributed by atoms with Gasteiger partial charge in [0.05, 0.1) is 6.26 Å². The molecule has 29 heavy (non-hydrogen) atoms. The molecule has 0 amide bonds. The third-order valence-electron chi connectivity index (χ3n) is 6.23. The Morgan fingerprint density at radius 3 is 2.45 bits per heavy atom. The Balaban J connectivity index is 1.62. The van der Waals surface area contributed by atoms with E-state index in [9.17, 15) is 4.79 Å². The van der Waals surface area contributed by atoms with Crippen molar-refractivity contribution in [2.75, 3.05) is 0 Å². The minimum Gasteiger partial charge on any atom is -0.464 e. The van der Waals surface area contributed by atoms with Crippen molar-refractivity contribution in [1.82, 2.24) is 0 Å². The van der Waals surface area contributed by atoms with Crippen molar-refractivity contribution in [3.05, 3.63) is 82.4 Å². The zero-order valence-electron chi connectivity index (χ0n) is 16.0. The summed E-state index contributed by atoms with van der Waals surface area (Å²) < 4.78 is 11.6. The minimum atomic E-state index is -0.185. The maximum absolute atomic E-state index is 12.5. The van der Waals surface area contributed by atoms with E-state index in [4.69, 9.17) is 8.83 Å². The van der Waals surface area contributed by atoms with Crippen molar-refractivity contribution < 1.29 is 8.83 Å². The van der Waals surface area contributed by atoms with Gasteiger partial charge in [-0.1, -0.05) is 42.8 Å². The lowest BCUT2D eigenvalue weighted by atomic mass is 9.97. The van der Waals surface area contributed by atoms with Gasteiger partial charge in [-0.15, -0.1) is 0 Å². The summed E-state index contributed by atoms with van der Waals surface area (Å²) in [6.45, 7) is 0. The first-order valence-electron chi connectivity index (χ1n) is 10.3. The second-order valence-corrected chi connectivity index (χ2v) is 7.96. The van der Waals surface area contributed by atoms with Crippen molar-refractivity contribution in [3.8, 4) is 11.1 Å². The summed E-state index contributed by atoms with van der Waals surface area (Å²) in [6.07, 6.45) is 6.89.